The van der Waals surface area contributed by atoms with E-state index in [1.807, 2.05) is 6.08 Å². The molecule has 2 bridgehead atoms. The number of thioether (sulfide) groups is 1. The average molecular weight is 243 g/mol. The predicted molar refractivity (Wildman–Crippen MR) is 58.6 cm³/mol. The van der Waals surface area contributed by atoms with Gasteiger partial charge in [0.15, 0.2) is 0 Å². The first-order valence-electron chi connectivity index (χ1n) is 5.38. The van der Waals surface area contributed by atoms with Gasteiger partial charge in [0.2, 0.25) is 0 Å². The van der Waals surface area contributed by atoms with E-state index in [1.54, 1.807) is 6.92 Å². The molecule has 0 aromatic heterocycles. The van der Waals surface area contributed by atoms with Crippen LogP contribution in [0.15, 0.2) is 12.2 Å². The third-order valence-corrected chi connectivity index (χ3v) is 4.93. The van der Waals surface area contributed by atoms with Crippen LogP contribution >= 0.6 is 11.8 Å². The molecule has 90 valence electrons. The minimum atomic E-state index is -1.24. The van der Waals surface area contributed by atoms with Gasteiger partial charge in [0, 0.05) is 11.2 Å². The van der Waals surface area contributed by atoms with Crippen molar-refractivity contribution in [2.24, 2.45) is 5.92 Å². The number of aliphatic carboxylic acids is 1. The minimum absolute atomic E-state index is 0.0873. The number of carboxylic acids is 1. The van der Waals surface area contributed by atoms with Gasteiger partial charge in [0.1, 0.15) is 4.93 Å². The van der Waals surface area contributed by atoms with Gasteiger partial charge in [0.05, 0.1) is 18.2 Å². The molecule has 2 unspecified atom stereocenters. The number of hydrogen-bond acceptors (Lipinski definition) is 5. The molecule has 1 aliphatic carbocycles. The molecule has 5 atom stereocenters. The molecule has 1 heterocycles. The highest BCUT2D eigenvalue weighted by molar-refractivity contribution is 8.01. The highest BCUT2D eigenvalue weighted by Gasteiger charge is 2.54. The minimum Gasteiger partial charge on any atom is -0.547 e. The SMILES string of the molecule is C[C@H](O[C@]1([C@H](C)O)SC2C=CC1C2)C(=O)[O-]. The van der Waals surface area contributed by atoms with Crippen LogP contribution in [0.5, 0.6) is 0 Å². The second-order valence-corrected chi connectivity index (χ2v) is 5.84. The number of rotatable bonds is 4. The standard InChI is InChI=1S/C11H16O4S/c1-6(10(13)14)15-11(7(2)12)8-3-4-9(5-8)16-11/h3-4,6-9,12H,5H2,1-2H3,(H,13,14)/p-1/t6-,7-,8?,9?,11+/m0/s1. The number of carboxylic acid groups (broad SMARTS) is 1. The molecular weight excluding hydrogens is 228 g/mol. The number of aliphatic hydroxyl groups is 1. The molecule has 5 heteroatoms. The second-order valence-electron chi connectivity index (χ2n) is 4.36. The Labute approximate surface area is 98.7 Å². The second kappa shape index (κ2) is 4.05. The van der Waals surface area contributed by atoms with Gasteiger partial charge < -0.3 is 19.7 Å². The number of carbonyl (C=O) groups is 1. The molecule has 0 amide bonds. The average Bonchev–Trinajstić information content (AvgIpc) is 2.77. The highest BCUT2D eigenvalue weighted by Crippen LogP contribution is 2.55. The normalized spacial score (nSPS) is 39.9. The molecule has 4 nitrogen and oxygen atoms in total. The number of hydrogen-bond donors (Lipinski definition) is 1. The highest BCUT2D eigenvalue weighted by atomic mass is 32.2. The number of aliphatic hydroxyl groups excluding tert-OH is 1. The first-order chi connectivity index (χ1) is 7.45. The summed E-state index contributed by atoms with van der Waals surface area (Å²) >= 11 is 1.51. The fourth-order valence-electron chi connectivity index (χ4n) is 2.32. The molecule has 0 aromatic rings. The lowest BCUT2D eigenvalue weighted by Gasteiger charge is -2.39. The number of carbonyl (C=O) groups excluding carboxylic acids is 1. The van der Waals surface area contributed by atoms with Gasteiger partial charge in [-0.2, -0.15) is 0 Å². The van der Waals surface area contributed by atoms with Crippen LogP contribution < -0.4 is 5.11 Å². The van der Waals surface area contributed by atoms with Crippen LogP contribution in [-0.2, 0) is 9.53 Å². The lowest BCUT2D eigenvalue weighted by Crippen LogP contribution is -2.49. The van der Waals surface area contributed by atoms with Crippen molar-refractivity contribution in [1.29, 1.82) is 0 Å². The van der Waals surface area contributed by atoms with E-state index >= 15 is 0 Å². The van der Waals surface area contributed by atoms with Crippen molar-refractivity contribution in [2.45, 2.75) is 42.7 Å². The Morgan fingerprint density at radius 3 is 2.69 bits per heavy atom. The monoisotopic (exact) mass is 243 g/mol. The molecule has 1 saturated heterocycles. The maximum Gasteiger partial charge on any atom is 0.146 e. The maximum atomic E-state index is 10.7. The van der Waals surface area contributed by atoms with Gasteiger partial charge in [-0.15, -0.1) is 11.8 Å². The van der Waals surface area contributed by atoms with E-state index < -0.39 is 23.1 Å². The van der Waals surface area contributed by atoms with E-state index in [0.717, 1.165) is 6.42 Å². The summed E-state index contributed by atoms with van der Waals surface area (Å²) in [4.78, 5) is 9.89. The molecule has 2 rings (SSSR count). The Balaban J connectivity index is 2.18. The summed E-state index contributed by atoms with van der Waals surface area (Å²) in [5, 5.41) is 20.9. The zero-order valence-corrected chi connectivity index (χ0v) is 10.1. The fraction of sp³-hybridized carbons (Fsp3) is 0.727. The van der Waals surface area contributed by atoms with Gasteiger partial charge >= 0.3 is 0 Å². The summed E-state index contributed by atoms with van der Waals surface area (Å²) in [6.45, 7) is 3.08. The van der Waals surface area contributed by atoms with Crippen molar-refractivity contribution in [3.05, 3.63) is 12.2 Å². The van der Waals surface area contributed by atoms with E-state index in [9.17, 15) is 15.0 Å². The number of fused-ring (bicyclic) bond motifs is 2. The quantitative estimate of drug-likeness (QED) is 0.699. The largest absolute Gasteiger partial charge is 0.547 e. The van der Waals surface area contributed by atoms with Crippen molar-refractivity contribution in [3.8, 4) is 0 Å². The van der Waals surface area contributed by atoms with Crippen LogP contribution in [0.1, 0.15) is 20.3 Å². The van der Waals surface area contributed by atoms with Crippen LogP contribution in [0, 0.1) is 5.92 Å². The molecule has 2 aliphatic rings. The third kappa shape index (κ3) is 1.77. The topological polar surface area (TPSA) is 69.6 Å². The molecule has 0 spiro atoms. The lowest BCUT2D eigenvalue weighted by molar-refractivity contribution is -0.319. The number of ether oxygens (including phenoxy) is 1. The molecule has 16 heavy (non-hydrogen) atoms. The summed E-state index contributed by atoms with van der Waals surface area (Å²) in [6, 6.07) is 0. The zero-order valence-electron chi connectivity index (χ0n) is 9.25. The van der Waals surface area contributed by atoms with Crippen LogP contribution in [0.4, 0.5) is 0 Å². The first kappa shape index (κ1) is 12.0. The summed E-state index contributed by atoms with van der Waals surface area (Å²) in [7, 11) is 0. The Bertz CT molecular complexity index is 328. The van der Waals surface area contributed by atoms with Crippen molar-refractivity contribution >= 4 is 17.7 Å². The molecular formula is C11H15O4S-. The van der Waals surface area contributed by atoms with Crippen LogP contribution in [-0.4, -0.2) is 33.5 Å². The summed E-state index contributed by atoms with van der Waals surface area (Å²) < 4.78 is 5.56. The molecule has 0 saturated carbocycles. The van der Waals surface area contributed by atoms with Gasteiger partial charge in [-0.3, -0.25) is 0 Å². The van der Waals surface area contributed by atoms with E-state index in [-0.39, 0.29) is 5.92 Å². The molecule has 0 aromatic carbocycles. The van der Waals surface area contributed by atoms with Crippen molar-refractivity contribution < 1.29 is 19.7 Å². The predicted octanol–water partition coefficient (Wildman–Crippen LogP) is -0.0900. The lowest BCUT2D eigenvalue weighted by atomic mass is 9.97. The van der Waals surface area contributed by atoms with Crippen LogP contribution in [0.2, 0.25) is 0 Å². The third-order valence-electron chi connectivity index (χ3n) is 3.17. The van der Waals surface area contributed by atoms with Gasteiger partial charge in [0.25, 0.3) is 0 Å². The van der Waals surface area contributed by atoms with E-state index in [1.165, 1.54) is 18.7 Å². The van der Waals surface area contributed by atoms with Gasteiger partial charge in [-0.05, 0) is 20.3 Å². The van der Waals surface area contributed by atoms with Crippen molar-refractivity contribution in [2.75, 3.05) is 0 Å². The molecule has 1 fully saturated rings. The Morgan fingerprint density at radius 2 is 2.31 bits per heavy atom. The summed E-state index contributed by atoms with van der Waals surface area (Å²) in [5.41, 5.74) is 0. The Hall–Kier alpha value is -0.520. The van der Waals surface area contributed by atoms with Crippen LogP contribution in [0.3, 0.4) is 0 Å². The van der Waals surface area contributed by atoms with Crippen LogP contribution in [0.25, 0.3) is 0 Å². The first-order valence-corrected chi connectivity index (χ1v) is 6.26. The Kier molecular flexibility index (Phi) is 3.03. The molecule has 1 N–H and O–H groups in total. The smallest absolute Gasteiger partial charge is 0.146 e. The summed E-state index contributed by atoms with van der Waals surface area (Å²) in [5.74, 6) is -1.16. The molecule has 1 aliphatic heterocycles. The van der Waals surface area contributed by atoms with E-state index in [4.69, 9.17) is 4.74 Å². The van der Waals surface area contributed by atoms with Crippen molar-refractivity contribution in [1.82, 2.24) is 0 Å². The summed E-state index contributed by atoms with van der Waals surface area (Å²) in [6.07, 6.45) is 3.29. The Morgan fingerprint density at radius 1 is 1.62 bits per heavy atom. The van der Waals surface area contributed by atoms with Gasteiger partial charge in [-0.25, -0.2) is 0 Å². The van der Waals surface area contributed by atoms with E-state index in [2.05, 4.69) is 6.08 Å². The van der Waals surface area contributed by atoms with Crippen molar-refractivity contribution in [3.63, 3.8) is 0 Å². The fourth-order valence-corrected chi connectivity index (χ4v) is 4.01. The molecule has 0 radical (unpaired) electrons. The van der Waals surface area contributed by atoms with E-state index in [0.29, 0.717) is 5.25 Å². The zero-order chi connectivity index (χ0) is 11.9. The maximum absolute atomic E-state index is 10.7. The van der Waals surface area contributed by atoms with Gasteiger partial charge in [-0.1, -0.05) is 12.2 Å².